The van der Waals surface area contributed by atoms with E-state index in [1.807, 2.05) is 30.3 Å². The molecule has 2 aromatic heterocycles. The Hall–Kier alpha value is -5.31. The molecule has 8 nitrogen and oxygen atoms in total. The molecule has 0 radical (unpaired) electrons. The maximum atomic E-state index is 13.2. The molecule has 0 aliphatic carbocycles. The second kappa shape index (κ2) is 9.74. The number of carboxylic acid groups (broad SMARTS) is 2. The average Bonchev–Trinajstić information content (AvgIpc) is 3.54. The van der Waals surface area contributed by atoms with Gasteiger partial charge in [-0.15, -0.1) is 0 Å². The van der Waals surface area contributed by atoms with Gasteiger partial charge in [-0.25, -0.2) is 23.9 Å². The predicted molar refractivity (Wildman–Crippen MR) is 133 cm³/mol. The first-order valence-corrected chi connectivity index (χ1v) is 11.0. The number of aromatic nitrogens is 2. The Morgan fingerprint density at radius 3 is 1.62 bits per heavy atom. The van der Waals surface area contributed by atoms with E-state index in [0.29, 0.717) is 28.1 Å². The Morgan fingerprint density at radius 1 is 0.622 bits per heavy atom. The van der Waals surface area contributed by atoms with Crippen LogP contribution in [-0.2, 0) is 0 Å². The molecule has 0 amide bonds. The van der Waals surface area contributed by atoms with Gasteiger partial charge >= 0.3 is 11.9 Å². The molecule has 0 aliphatic heterocycles. The highest BCUT2D eigenvalue weighted by Gasteiger charge is 2.16. The van der Waals surface area contributed by atoms with Gasteiger partial charge in [-0.3, -0.25) is 0 Å². The molecule has 0 spiro atoms. The summed E-state index contributed by atoms with van der Waals surface area (Å²) >= 11 is 0. The van der Waals surface area contributed by atoms with Crippen LogP contribution in [0.1, 0.15) is 20.7 Å². The summed E-state index contributed by atoms with van der Waals surface area (Å²) in [5.41, 5.74) is 2.93. The topological polar surface area (TPSA) is 127 Å². The van der Waals surface area contributed by atoms with Crippen LogP contribution in [0.5, 0.6) is 0 Å². The molecule has 4 aromatic carbocycles. The molecule has 9 heteroatoms. The van der Waals surface area contributed by atoms with Crippen LogP contribution in [0, 0.1) is 5.82 Å². The number of oxazole rings is 2. The summed E-state index contributed by atoms with van der Waals surface area (Å²) in [5.74, 6) is -1.88. The van der Waals surface area contributed by atoms with Crippen LogP contribution in [0.25, 0.3) is 45.1 Å². The quantitative estimate of drug-likeness (QED) is 0.282. The first-order valence-electron chi connectivity index (χ1n) is 11.0. The van der Waals surface area contributed by atoms with Crippen molar-refractivity contribution < 1.29 is 33.0 Å². The summed E-state index contributed by atoms with van der Waals surface area (Å²) in [5, 5.41) is 18.1. The number of carbonyl (C=O) groups is 2. The number of halogens is 1. The Bertz CT molecular complexity index is 1760. The molecular weight excluding hydrogens is 479 g/mol. The average molecular weight is 496 g/mol. The first kappa shape index (κ1) is 23.4. The zero-order valence-electron chi connectivity index (χ0n) is 19.0. The third-order valence-corrected chi connectivity index (χ3v) is 5.38. The third kappa shape index (κ3) is 4.78. The van der Waals surface area contributed by atoms with Crippen molar-refractivity contribution in [1.82, 2.24) is 9.97 Å². The number of para-hydroxylation sites is 2. The normalized spacial score (nSPS) is 10.7. The number of aromatic carboxylic acids is 2. The number of hydrogen-bond acceptors (Lipinski definition) is 6. The van der Waals surface area contributed by atoms with E-state index in [1.165, 1.54) is 30.3 Å². The summed E-state index contributed by atoms with van der Waals surface area (Å²) in [4.78, 5) is 30.6. The fraction of sp³-hybridized carbons (Fsp3) is 0. The Balaban J connectivity index is 0.000000152. The SMILES string of the molecule is O=C(O)c1cccc2nc(-c3cccc(F)c3)oc12.O=C(O)c1cccc2nc(-c3ccccc3)oc12. The summed E-state index contributed by atoms with van der Waals surface area (Å²) in [7, 11) is 0. The van der Waals surface area contributed by atoms with E-state index in [9.17, 15) is 14.0 Å². The summed E-state index contributed by atoms with van der Waals surface area (Å²) in [6, 6.07) is 24.7. The molecule has 0 fully saturated rings. The number of carboxylic acids is 2. The van der Waals surface area contributed by atoms with Gasteiger partial charge in [-0.05, 0) is 54.6 Å². The highest BCUT2D eigenvalue weighted by atomic mass is 19.1. The van der Waals surface area contributed by atoms with E-state index in [-0.39, 0.29) is 22.6 Å². The molecule has 2 heterocycles. The van der Waals surface area contributed by atoms with Gasteiger partial charge < -0.3 is 19.0 Å². The fourth-order valence-electron chi connectivity index (χ4n) is 3.68. The minimum absolute atomic E-state index is 0.0349. The van der Waals surface area contributed by atoms with E-state index in [2.05, 4.69) is 9.97 Å². The molecule has 0 atom stereocenters. The summed E-state index contributed by atoms with van der Waals surface area (Å²) in [6.45, 7) is 0. The van der Waals surface area contributed by atoms with Gasteiger partial charge in [0.2, 0.25) is 11.8 Å². The van der Waals surface area contributed by atoms with Crippen LogP contribution >= 0.6 is 0 Å². The third-order valence-electron chi connectivity index (χ3n) is 5.38. The van der Waals surface area contributed by atoms with E-state index in [4.69, 9.17) is 19.0 Å². The molecule has 0 saturated carbocycles. The molecule has 0 unspecified atom stereocenters. The minimum Gasteiger partial charge on any atom is -0.478 e. The lowest BCUT2D eigenvalue weighted by molar-refractivity contribution is 0.0687. The Labute approximate surface area is 208 Å². The fourth-order valence-corrected chi connectivity index (χ4v) is 3.68. The molecule has 6 aromatic rings. The molecule has 6 rings (SSSR count). The molecule has 0 aliphatic rings. The van der Waals surface area contributed by atoms with Crippen LogP contribution in [0.4, 0.5) is 4.39 Å². The lowest BCUT2D eigenvalue weighted by Gasteiger charge is -1.95. The van der Waals surface area contributed by atoms with Crippen LogP contribution < -0.4 is 0 Å². The maximum Gasteiger partial charge on any atom is 0.339 e. The number of fused-ring (bicyclic) bond motifs is 2. The van der Waals surface area contributed by atoms with Crippen molar-refractivity contribution in [3.05, 3.63) is 108 Å². The smallest absolute Gasteiger partial charge is 0.339 e. The van der Waals surface area contributed by atoms with Crippen LogP contribution in [-0.4, -0.2) is 32.1 Å². The zero-order valence-corrected chi connectivity index (χ0v) is 19.0. The van der Waals surface area contributed by atoms with Crippen molar-refractivity contribution in [3.63, 3.8) is 0 Å². The van der Waals surface area contributed by atoms with Crippen molar-refractivity contribution in [1.29, 1.82) is 0 Å². The zero-order chi connectivity index (χ0) is 25.9. The maximum absolute atomic E-state index is 13.2. The van der Waals surface area contributed by atoms with Crippen LogP contribution in [0.15, 0.2) is 99.8 Å². The predicted octanol–water partition coefficient (Wildman–Crippen LogP) is 6.53. The Kier molecular flexibility index (Phi) is 6.17. The van der Waals surface area contributed by atoms with Gasteiger partial charge in [0.15, 0.2) is 11.2 Å². The monoisotopic (exact) mass is 496 g/mol. The van der Waals surface area contributed by atoms with E-state index in [0.717, 1.165) is 5.56 Å². The molecule has 0 saturated heterocycles. The highest BCUT2D eigenvalue weighted by molar-refractivity contribution is 6.01. The number of rotatable bonds is 4. The largest absolute Gasteiger partial charge is 0.478 e. The Morgan fingerprint density at radius 2 is 1.11 bits per heavy atom. The van der Waals surface area contributed by atoms with Crippen LogP contribution in [0.3, 0.4) is 0 Å². The second-order valence-corrected chi connectivity index (χ2v) is 7.83. The second-order valence-electron chi connectivity index (χ2n) is 7.83. The highest BCUT2D eigenvalue weighted by Crippen LogP contribution is 2.28. The van der Waals surface area contributed by atoms with E-state index < -0.39 is 17.8 Å². The first-order chi connectivity index (χ1) is 17.9. The van der Waals surface area contributed by atoms with Gasteiger partial charge in [0.05, 0.1) is 0 Å². The van der Waals surface area contributed by atoms with Crippen molar-refractivity contribution in [3.8, 4) is 22.9 Å². The lowest BCUT2D eigenvalue weighted by atomic mass is 10.2. The van der Waals surface area contributed by atoms with Crippen molar-refractivity contribution in [2.75, 3.05) is 0 Å². The number of hydrogen-bond donors (Lipinski definition) is 2. The molecule has 0 bridgehead atoms. The van der Waals surface area contributed by atoms with Gasteiger partial charge in [0.1, 0.15) is 28.0 Å². The van der Waals surface area contributed by atoms with E-state index >= 15 is 0 Å². The summed E-state index contributed by atoms with van der Waals surface area (Å²) < 4.78 is 24.1. The van der Waals surface area contributed by atoms with Crippen molar-refractivity contribution in [2.45, 2.75) is 0 Å². The van der Waals surface area contributed by atoms with Gasteiger partial charge in [-0.2, -0.15) is 0 Å². The molecule has 182 valence electrons. The van der Waals surface area contributed by atoms with Gasteiger partial charge in [0, 0.05) is 11.1 Å². The summed E-state index contributed by atoms with van der Waals surface area (Å²) in [6.07, 6.45) is 0. The van der Waals surface area contributed by atoms with Crippen molar-refractivity contribution >= 4 is 34.1 Å². The number of nitrogens with zero attached hydrogens (tertiary/aromatic N) is 2. The minimum atomic E-state index is -1.09. The van der Waals surface area contributed by atoms with Gasteiger partial charge in [-0.1, -0.05) is 36.4 Å². The van der Waals surface area contributed by atoms with Crippen molar-refractivity contribution in [2.24, 2.45) is 0 Å². The van der Waals surface area contributed by atoms with E-state index in [1.54, 1.807) is 30.3 Å². The number of benzene rings is 4. The van der Waals surface area contributed by atoms with Crippen LogP contribution in [0.2, 0.25) is 0 Å². The van der Waals surface area contributed by atoms with Gasteiger partial charge in [0.25, 0.3) is 0 Å². The molecule has 37 heavy (non-hydrogen) atoms. The molecular formula is C28H17FN2O6. The molecule has 2 N–H and O–H groups in total. The standard InChI is InChI=1S/C14H8FNO3.C14H9NO3/c15-9-4-1-3-8(7-9)13-16-11-6-2-5-10(14(17)18)12(11)19-13;16-14(17)10-7-4-8-11-12(10)18-13(15-11)9-5-2-1-3-6-9/h1-7H,(H,17,18);1-8H,(H,16,17). The lowest BCUT2D eigenvalue weighted by Crippen LogP contribution is -1.95.